The average molecular weight is 305 g/mol. The van der Waals surface area contributed by atoms with Crippen LogP contribution < -0.4 is 16.0 Å². The number of benzene rings is 1. The zero-order valence-corrected chi connectivity index (χ0v) is 13.7. The largest absolute Gasteiger partial charge is 0.387 e. The number of aryl methyl sites for hydroxylation is 1. The Morgan fingerprint density at radius 1 is 1.36 bits per heavy atom. The first kappa shape index (κ1) is 16.8. The molecule has 22 heavy (non-hydrogen) atoms. The number of β-amino-alcohol motifs (C(OH)–C–C–N with tert-alkyl or cyclic N) is 1. The van der Waals surface area contributed by atoms with Crippen LogP contribution in [0.15, 0.2) is 24.3 Å². The monoisotopic (exact) mass is 305 g/mol. The van der Waals surface area contributed by atoms with Crippen LogP contribution in [0, 0.1) is 6.92 Å². The minimum Gasteiger partial charge on any atom is -0.387 e. The highest BCUT2D eigenvalue weighted by atomic mass is 16.3. The van der Waals surface area contributed by atoms with Gasteiger partial charge in [0.1, 0.15) is 5.54 Å². The van der Waals surface area contributed by atoms with Crippen LogP contribution in [0.1, 0.15) is 32.3 Å². The fourth-order valence-electron chi connectivity index (χ4n) is 2.62. The summed E-state index contributed by atoms with van der Waals surface area (Å²) in [6, 6.07) is 7.94. The van der Waals surface area contributed by atoms with Crippen molar-refractivity contribution in [3.8, 4) is 0 Å². The van der Waals surface area contributed by atoms with Crippen LogP contribution in [0.5, 0.6) is 0 Å². The standard InChI is InChI=1S/C17H27N3O2/c1-13-5-7-14(8-6-13)20-16(2,3)15(21)19-12-17(22)9-4-10-18-11-17/h5-8,18,20,22H,4,9-12H2,1-3H3,(H,19,21). The highest BCUT2D eigenvalue weighted by molar-refractivity contribution is 5.88. The first-order chi connectivity index (χ1) is 10.3. The Labute approximate surface area is 132 Å². The summed E-state index contributed by atoms with van der Waals surface area (Å²) < 4.78 is 0. The van der Waals surface area contributed by atoms with Gasteiger partial charge < -0.3 is 21.1 Å². The van der Waals surface area contributed by atoms with Gasteiger partial charge in [-0.2, -0.15) is 0 Å². The highest BCUT2D eigenvalue weighted by Gasteiger charge is 2.33. The van der Waals surface area contributed by atoms with Gasteiger partial charge in [-0.25, -0.2) is 0 Å². The topological polar surface area (TPSA) is 73.4 Å². The Morgan fingerprint density at radius 2 is 2.05 bits per heavy atom. The summed E-state index contributed by atoms with van der Waals surface area (Å²) in [6.07, 6.45) is 1.64. The van der Waals surface area contributed by atoms with Crippen LogP contribution in [0.2, 0.25) is 0 Å². The van der Waals surface area contributed by atoms with E-state index in [1.165, 1.54) is 5.56 Å². The second-order valence-corrected chi connectivity index (χ2v) is 6.80. The Hall–Kier alpha value is -1.59. The van der Waals surface area contributed by atoms with Crippen LogP contribution in [-0.4, -0.2) is 41.8 Å². The molecule has 122 valence electrons. The number of aliphatic hydroxyl groups is 1. The van der Waals surface area contributed by atoms with Gasteiger partial charge in [0.25, 0.3) is 0 Å². The van der Waals surface area contributed by atoms with E-state index < -0.39 is 11.1 Å². The first-order valence-corrected chi connectivity index (χ1v) is 7.87. The lowest BCUT2D eigenvalue weighted by molar-refractivity contribution is -0.126. The Kier molecular flexibility index (Phi) is 5.08. The molecule has 1 saturated heterocycles. The molecule has 5 heteroatoms. The third-order valence-corrected chi connectivity index (χ3v) is 4.10. The third kappa shape index (κ3) is 4.45. The van der Waals surface area contributed by atoms with E-state index in [-0.39, 0.29) is 12.5 Å². The number of hydrogen-bond donors (Lipinski definition) is 4. The van der Waals surface area contributed by atoms with E-state index in [0.29, 0.717) is 13.0 Å². The van der Waals surface area contributed by atoms with E-state index in [0.717, 1.165) is 18.7 Å². The third-order valence-electron chi connectivity index (χ3n) is 4.10. The molecule has 1 unspecified atom stereocenters. The van der Waals surface area contributed by atoms with E-state index in [4.69, 9.17) is 0 Å². The predicted octanol–water partition coefficient (Wildman–Crippen LogP) is 1.42. The zero-order valence-electron chi connectivity index (χ0n) is 13.7. The molecule has 0 aromatic heterocycles. The number of amides is 1. The van der Waals surface area contributed by atoms with Crippen molar-refractivity contribution in [2.75, 3.05) is 25.0 Å². The number of hydrogen-bond acceptors (Lipinski definition) is 4. The zero-order chi connectivity index (χ0) is 16.2. The van der Waals surface area contributed by atoms with Gasteiger partial charge in [0, 0.05) is 18.8 Å². The molecular weight excluding hydrogens is 278 g/mol. The fraction of sp³-hybridized carbons (Fsp3) is 0.588. The molecule has 1 aliphatic rings. The van der Waals surface area contributed by atoms with Gasteiger partial charge in [0.2, 0.25) is 5.91 Å². The Balaban J connectivity index is 1.90. The Morgan fingerprint density at radius 3 is 2.64 bits per heavy atom. The van der Waals surface area contributed by atoms with Crippen molar-refractivity contribution in [3.63, 3.8) is 0 Å². The molecule has 1 atom stereocenters. The highest BCUT2D eigenvalue weighted by Crippen LogP contribution is 2.18. The average Bonchev–Trinajstić information content (AvgIpc) is 2.48. The molecule has 1 heterocycles. The minimum atomic E-state index is -0.839. The normalized spacial score (nSPS) is 22.2. The predicted molar refractivity (Wildman–Crippen MR) is 88.9 cm³/mol. The van der Waals surface area contributed by atoms with Crippen molar-refractivity contribution in [1.29, 1.82) is 0 Å². The smallest absolute Gasteiger partial charge is 0.245 e. The van der Waals surface area contributed by atoms with Gasteiger partial charge in [-0.15, -0.1) is 0 Å². The molecule has 5 nitrogen and oxygen atoms in total. The van der Waals surface area contributed by atoms with Gasteiger partial charge in [0.05, 0.1) is 5.60 Å². The summed E-state index contributed by atoms with van der Waals surface area (Å²) in [7, 11) is 0. The summed E-state index contributed by atoms with van der Waals surface area (Å²) in [5.74, 6) is -0.118. The van der Waals surface area contributed by atoms with E-state index in [2.05, 4.69) is 16.0 Å². The summed E-state index contributed by atoms with van der Waals surface area (Å²) in [6.45, 7) is 7.44. The van der Waals surface area contributed by atoms with Crippen molar-refractivity contribution in [2.24, 2.45) is 0 Å². The van der Waals surface area contributed by atoms with Crippen LogP contribution in [0.3, 0.4) is 0 Å². The molecule has 0 aliphatic carbocycles. The molecule has 4 N–H and O–H groups in total. The molecule has 1 amide bonds. The number of anilines is 1. The lowest BCUT2D eigenvalue weighted by atomic mass is 9.93. The van der Waals surface area contributed by atoms with E-state index in [1.54, 1.807) is 0 Å². The quantitative estimate of drug-likeness (QED) is 0.664. The molecule has 0 bridgehead atoms. The maximum atomic E-state index is 12.4. The van der Waals surface area contributed by atoms with Gasteiger partial charge in [-0.05, 0) is 52.3 Å². The van der Waals surface area contributed by atoms with Gasteiger partial charge in [-0.3, -0.25) is 4.79 Å². The van der Waals surface area contributed by atoms with Crippen molar-refractivity contribution in [3.05, 3.63) is 29.8 Å². The van der Waals surface area contributed by atoms with Crippen molar-refractivity contribution < 1.29 is 9.90 Å². The van der Waals surface area contributed by atoms with Crippen LogP contribution >= 0.6 is 0 Å². The first-order valence-electron chi connectivity index (χ1n) is 7.87. The lowest BCUT2D eigenvalue weighted by Gasteiger charge is -2.34. The summed E-state index contributed by atoms with van der Waals surface area (Å²) in [5.41, 5.74) is 0.505. The SMILES string of the molecule is Cc1ccc(NC(C)(C)C(=O)NCC2(O)CCCNC2)cc1. The molecule has 0 saturated carbocycles. The summed E-state index contributed by atoms with van der Waals surface area (Å²) >= 11 is 0. The molecule has 1 aromatic carbocycles. The molecule has 1 aromatic rings. The summed E-state index contributed by atoms with van der Waals surface area (Å²) in [4.78, 5) is 12.4. The van der Waals surface area contributed by atoms with Gasteiger partial charge in [0.15, 0.2) is 0 Å². The molecule has 2 rings (SSSR count). The molecular formula is C17H27N3O2. The number of piperidine rings is 1. The van der Waals surface area contributed by atoms with Crippen LogP contribution in [0.4, 0.5) is 5.69 Å². The van der Waals surface area contributed by atoms with Gasteiger partial charge in [-0.1, -0.05) is 17.7 Å². The number of carbonyl (C=O) groups excluding carboxylic acids is 1. The van der Waals surface area contributed by atoms with Gasteiger partial charge >= 0.3 is 0 Å². The number of carbonyl (C=O) groups is 1. The van der Waals surface area contributed by atoms with Crippen molar-refractivity contribution in [1.82, 2.24) is 10.6 Å². The second-order valence-electron chi connectivity index (χ2n) is 6.80. The van der Waals surface area contributed by atoms with Crippen LogP contribution in [0.25, 0.3) is 0 Å². The van der Waals surface area contributed by atoms with E-state index in [9.17, 15) is 9.90 Å². The van der Waals surface area contributed by atoms with Crippen LogP contribution in [-0.2, 0) is 4.79 Å². The molecule has 1 aliphatic heterocycles. The molecule has 0 spiro atoms. The number of rotatable bonds is 5. The van der Waals surface area contributed by atoms with E-state index >= 15 is 0 Å². The van der Waals surface area contributed by atoms with Crippen molar-refractivity contribution in [2.45, 2.75) is 44.8 Å². The second kappa shape index (κ2) is 6.67. The van der Waals surface area contributed by atoms with Crippen molar-refractivity contribution >= 4 is 11.6 Å². The summed E-state index contributed by atoms with van der Waals surface area (Å²) in [5, 5.41) is 19.7. The molecule has 0 radical (unpaired) electrons. The van der Waals surface area contributed by atoms with E-state index in [1.807, 2.05) is 45.0 Å². The Bertz CT molecular complexity index is 505. The fourth-order valence-corrected chi connectivity index (χ4v) is 2.62. The minimum absolute atomic E-state index is 0.118. The maximum absolute atomic E-state index is 12.4. The maximum Gasteiger partial charge on any atom is 0.245 e. The lowest BCUT2D eigenvalue weighted by Crippen LogP contribution is -2.56. The molecule has 1 fully saturated rings. The number of nitrogens with one attached hydrogen (secondary N) is 3.